The number of hydrogen-bond acceptors (Lipinski definition) is 3. The molecule has 3 nitrogen and oxygen atoms in total. The number of phenols is 2. The summed E-state index contributed by atoms with van der Waals surface area (Å²) in [6.45, 7) is 0. The molecule has 18 heavy (non-hydrogen) atoms. The SMILES string of the molecule is COc1ccc(C=Cc2cccc(O)c2)cc1O. The highest BCUT2D eigenvalue weighted by Gasteiger charge is 2.00. The summed E-state index contributed by atoms with van der Waals surface area (Å²) in [6.07, 6.45) is 3.72. The minimum atomic E-state index is 0.107. The van der Waals surface area contributed by atoms with Gasteiger partial charge in [0.05, 0.1) is 7.11 Å². The molecule has 0 aliphatic carbocycles. The average molecular weight is 242 g/mol. The van der Waals surface area contributed by atoms with Crippen LogP contribution in [0.15, 0.2) is 42.5 Å². The molecule has 2 N–H and O–H groups in total. The van der Waals surface area contributed by atoms with Gasteiger partial charge in [-0.25, -0.2) is 0 Å². The van der Waals surface area contributed by atoms with E-state index in [-0.39, 0.29) is 11.5 Å². The van der Waals surface area contributed by atoms with Crippen molar-refractivity contribution >= 4 is 12.2 Å². The smallest absolute Gasteiger partial charge is 0.160 e. The molecule has 0 bridgehead atoms. The predicted molar refractivity (Wildman–Crippen MR) is 71.7 cm³/mol. The molecular formula is C15H14O3. The Labute approximate surface area is 106 Å². The van der Waals surface area contributed by atoms with Gasteiger partial charge in [0.15, 0.2) is 11.5 Å². The van der Waals surface area contributed by atoms with Crippen molar-refractivity contribution in [2.24, 2.45) is 0 Å². The molecule has 0 amide bonds. The van der Waals surface area contributed by atoms with Crippen LogP contribution in [0.2, 0.25) is 0 Å². The highest BCUT2D eigenvalue weighted by molar-refractivity contribution is 5.71. The molecule has 0 atom stereocenters. The van der Waals surface area contributed by atoms with Gasteiger partial charge < -0.3 is 14.9 Å². The van der Waals surface area contributed by atoms with Crippen LogP contribution in [-0.4, -0.2) is 17.3 Å². The van der Waals surface area contributed by atoms with Gasteiger partial charge in [-0.1, -0.05) is 30.4 Å². The van der Waals surface area contributed by atoms with E-state index in [1.54, 1.807) is 30.3 Å². The van der Waals surface area contributed by atoms with E-state index in [0.29, 0.717) is 5.75 Å². The van der Waals surface area contributed by atoms with Gasteiger partial charge in [-0.3, -0.25) is 0 Å². The van der Waals surface area contributed by atoms with E-state index in [2.05, 4.69) is 0 Å². The summed E-state index contributed by atoms with van der Waals surface area (Å²) in [5.74, 6) is 0.787. The van der Waals surface area contributed by atoms with E-state index in [1.807, 2.05) is 24.3 Å². The summed E-state index contributed by atoms with van der Waals surface area (Å²) in [5.41, 5.74) is 1.75. The quantitative estimate of drug-likeness (QED) is 0.812. The second-order valence-corrected chi connectivity index (χ2v) is 3.86. The van der Waals surface area contributed by atoms with Gasteiger partial charge in [0.1, 0.15) is 5.75 Å². The van der Waals surface area contributed by atoms with Crippen LogP contribution in [0.1, 0.15) is 11.1 Å². The fraction of sp³-hybridized carbons (Fsp3) is 0.0667. The molecule has 92 valence electrons. The van der Waals surface area contributed by atoms with Crippen molar-refractivity contribution in [3.05, 3.63) is 53.6 Å². The summed E-state index contributed by atoms with van der Waals surface area (Å²) >= 11 is 0. The molecule has 0 fully saturated rings. The van der Waals surface area contributed by atoms with E-state index in [9.17, 15) is 10.2 Å². The Hall–Kier alpha value is -2.42. The van der Waals surface area contributed by atoms with Crippen molar-refractivity contribution in [3.63, 3.8) is 0 Å². The monoisotopic (exact) mass is 242 g/mol. The number of aromatic hydroxyl groups is 2. The molecule has 0 saturated heterocycles. The Morgan fingerprint density at radius 2 is 1.67 bits per heavy atom. The Balaban J connectivity index is 2.21. The van der Waals surface area contributed by atoms with Crippen molar-refractivity contribution in [2.45, 2.75) is 0 Å². The minimum Gasteiger partial charge on any atom is -0.508 e. The highest BCUT2D eigenvalue weighted by atomic mass is 16.5. The van der Waals surface area contributed by atoms with Gasteiger partial charge in [0.25, 0.3) is 0 Å². The number of phenolic OH excluding ortho intramolecular Hbond substituents is 2. The van der Waals surface area contributed by atoms with Crippen LogP contribution in [0.4, 0.5) is 0 Å². The molecule has 2 aromatic rings. The lowest BCUT2D eigenvalue weighted by Gasteiger charge is -2.03. The minimum absolute atomic E-state index is 0.107. The molecule has 0 unspecified atom stereocenters. The average Bonchev–Trinajstić information content (AvgIpc) is 2.37. The van der Waals surface area contributed by atoms with Crippen LogP contribution in [0, 0.1) is 0 Å². The van der Waals surface area contributed by atoms with E-state index < -0.39 is 0 Å². The summed E-state index contributed by atoms with van der Waals surface area (Å²) in [4.78, 5) is 0. The third-order valence-electron chi connectivity index (χ3n) is 2.54. The highest BCUT2D eigenvalue weighted by Crippen LogP contribution is 2.27. The predicted octanol–water partition coefficient (Wildman–Crippen LogP) is 3.28. The zero-order valence-corrected chi connectivity index (χ0v) is 10.00. The van der Waals surface area contributed by atoms with Gasteiger partial charge in [0, 0.05) is 0 Å². The zero-order chi connectivity index (χ0) is 13.0. The van der Waals surface area contributed by atoms with Crippen LogP contribution in [0.5, 0.6) is 17.2 Å². The van der Waals surface area contributed by atoms with Gasteiger partial charge in [-0.2, -0.15) is 0 Å². The first-order valence-corrected chi connectivity index (χ1v) is 5.53. The molecule has 3 heteroatoms. The van der Waals surface area contributed by atoms with Gasteiger partial charge in [-0.05, 0) is 35.4 Å². The Kier molecular flexibility index (Phi) is 3.53. The third-order valence-corrected chi connectivity index (χ3v) is 2.54. The zero-order valence-electron chi connectivity index (χ0n) is 10.00. The van der Waals surface area contributed by atoms with Crippen LogP contribution < -0.4 is 4.74 Å². The van der Waals surface area contributed by atoms with E-state index in [4.69, 9.17) is 4.74 Å². The van der Waals surface area contributed by atoms with Crippen LogP contribution >= 0.6 is 0 Å². The van der Waals surface area contributed by atoms with E-state index in [1.165, 1.54) is 7.11 Å². The molecule has 0 saturated carbocycles. The molecule has 2 rings (SSSR count). The Bertz CT molecular complexity index is 574. The number of rotatable bonds is 3. The largest absolute Gasteiger partial charge is 0.508 e. The first kappa shape index (κ1) is 12.0. The number of hydrogen-bond donors (Lipinski definition) is 2. The second-order valence-electron chi connectivity index (χ2n) is 3.86. The molecule has 0 spiro atoms. The van der Waals surface area contributed by atoms with Crippen LogP contribution in [0.3, 0.4) is 0 Å². The van der Waals surface area contributed by atoms with E-state index >= 15 is 0 Å². The lowest BCUT2D eigenvalue weighted by Crippen LogP contribution is -1.83. The summed E-state index contributed by atoms with van der Waals surface area (Å²) < 4.78 is 4.97. The summed E-state index contributed by atoms with van der Waals surface area (Å²) in [5, 5.41) is 19.0. The van der Waals surface area contributed by atoms with E-state index in [0.717, 1.165) is 11.1 Å². The van der Waals surface area contributed by atoms with Crippen molar-refractivity contribution in [1.82, 2.24) is 0 Å². The van der Waals surface area contributed by atoms with Crippen molar-refractivity contribution in [3.8, 4) is 17.2 Å². The number of methoxy groups -OCH3 is 1. The summed E-state index contributed by atoms with van der Waals surface area (Å²) in [7, 11) is 1.51. The molecule has 0 radical (unpaired) electrons. The number of ether oxygens (including phenoxy) is 1. The van der Waals surface area contributed by atoms with Gasteiger partial charge in [0.2, 0.25) is 0 Å². The molecule has 0 heterocycles. The lowest BCUT2D eigenvalue weighted by molar-refractivity contribution is 0.373. The van der Waals surface area contributed by atoms with Crippen LogP contribution in [0.25, 0.3) is 12.2 Å². The maximum Gasteiger partial charge on any atom is 0.160 e. The standard InChI is InChI=1S/C15H14O3/c1-18-15-8-7-12(10-14(15)17)6-5-11-3-2-4-13(16)9-11/h2-10,16-17H,1H3. The summed E-state index contributed by atoms with van der Waals surface area (Å²) in [6, 6.07) is 12.1. The molecular weight excluding hydrogens is 228 g/mol. The molecule has 2 aromatic carbocycles. The first-order valence-electron chi connectivity index (χ1n) is 5.53. The van der Waals surface area contributed by atoms with Crippen LogP contribution in [-0.2, 0) is 0 Å². The van der Waals surface area contributed by atoms with Gasteiger partial charge in [-0.15, -0.1) is 0 Å². The Morgan fingerprint density at radius 3 is 2.28 bits per heavy atom. The molecule has 0 aromatic heterocycles. The topological polar surface area (TPSA) is 49.7 Å². The first-order chi connectivity index (χ1) is 8.69. The maximum atomic E-state index is 9.63. The molecule has 0 aliphatic heterocycles. The normalized spacial score (nSPS) is 10.7. The van der Waals surface area contributed by atoms with Gasteiger partial charge >= 0.3 is 0 Å². The second kappa shape index (κ2) is 5.27. The fourth-order valence-corrected chi connectivity index (χ4v) is 1.63. The van der Waals surface area contributed by atoms with Crippen molar-refractivity contribution in [1.29, 1.82) is 0 Å². The lowest BCUT2D eigenvalue weighted by atomic mass is 10.1. The Morgan fingerprint density at radius 1 is 0.944 bits per heavy atom. The fourth-order valence-electron chi connectivity index (χ4n) is 1.63. The third kappa shape index (κ3) is 2.83. The maximum absolute atomic E-state index is 9.63. The molecule has 0 aliphatic rings. The van der Waals surface area contributed by atoms with Crippen molar-refractivity contribution < 1.29 is 14.9 Å². The van der Waals surface area contributed by atoms with Crippen molar-refractivity contribution in [2.75, 3.05) is 7.11 Å². The number of benzene rings is 2.